The van der Waals surface area contributed by atoms with Crippen LogP contribution in [0.15, 0.2) is 0 Å². The molecule has 3 nitrogen and oxygen atoms in total. The van der Waals surface area contributed by atoms with Gasteiger partial charge in [-0.1, -0.05) is 0 Å². The first-order chi connectivity index (χ1) is 9.15. The summed E-state index contributed by atoms with van der Waals surface area (Å²) >= 11 is 0. The van der Waals surface area contributed by atoms with Crippen LogP contribution in [0.1, 0.15) is 44.9 Å². The molecule has 0 heterocycles. The van der Waals surface area contributed by atoms with E-state index in [1.165, 1.54) is 0 Å². The Morgan fingerprint density at radius 2 is 1.84 bits per heavy atom. The lowest BCUT2D eigenvalue weighted by molar-refractivity contribution is -0.0274. The van der Waals surface area contributed by atoms with Crippen LogP contribution in [0.2, 0.25) is 0 Å². The highest BCUT2D eigenvalue weighted by Gasteiger charge is 2.40. The first kappa shape index (κ1) is 14.7. The van der Waals surface area contributed by atoms with Crippen molar-refractivity contribution in [1.82, 2.24) is 0 Å². The van der Waals surface area contributed by atoms with Gasteiger partial charge in [-0.2, -0.15) is 0 Å². The Morgan fingerprint density at radius 1 is 1.16 bits per heavy atom. The molecule has 0 aromatic rings. The van der Waals surface area contributed by atoms with Crippen LogP contribution in [-0.4, -0.2) is 35.1 Å². The smallest absolute Gasteiger partial charge is 0.224 e. The van der Waals surface area contributed by atoms with Crippen LogP contribution in [-0.2, 0) is 0 Å². The fourth-order valence-corrected chi connectivity index (χ4v) is 3.81. The number of hydrogen-bond donors (Lipinski definition) is 2. The summed E-state index contributed by atoms with van der Waals surface area (Å²) in [6.07, 6.45) is 3.82. The summed E-state index contributed by atoms with van der Waals surface area (Å²) in [6, 6.07) is 0.00202. The van der Waals surface area contributed by atoms with Crippen molar-refractivity contribution in [2.75, 3.05) is 6.61 Å². The number of halogens is 1. The van der Waals surface area contributed by atoms with Gasteiger partial charge in [-0.3, -0.25) is 0 Å². The Labute approximate surface area is 114 Å². The number of nitrogens with zero attached hydrogens (tertiary/aromatic N) is 1. The third-order valence-corrected chi connectivity index (χ3v) is 5.05. The number of aliphatic hydroxyl groups excluding tert-OH is 2. The van der Waals surface area contributed by atoms with Crippen LogP contribution in [0.5, 0.6) is 0 Å². The maximum absolute atomic E-state index is 13.1. The summed E-state index contributed by atoms with van der Waals surface area (Å²) in [7, 11) is 0. The van der Waals surface area contributed by atoms with Crippen molar-refractivity contribution in [2.45, 2.75) is 63.3 Å². The average molecular weight is 269 g/mol. The minimum Gasteiger partial charge on any atom is -0.396 e. The molecule has 0 aliphatic heterocycles. The van der Waals surface area contributed by atoms with E-state index < -0.39 is 12.3 Å². The molecule has 2 fully saturated rings. The summed E-state index contributed by atoms with van der Waals surface area (Å²) < 4.78 is 13.1. The fourth-order valence-electron chi connectivity index (χ4n) is 3.81. The van der Waals surface area contributed by atoms with Crippen LogP contribution >= 0.6 is 0 Å². The summed E-state index contributed by atoms with van der Waals surface area (Å²) in [4.78, 5) is 3.57. The van der Waals surface area contributed by atoms with Crippen molar-refractivity contribution in [3.05, 3.63) is 11.4 Å². The molecule has 2 saturated carbocycles. The van der Waals surface area contributed by atoms with E-state index >= 15 is 0 Å². The molecule has 4 unspecified atom stereocenters. The Hall–Kier alpha value is -0.660. The first-order valence-electron chi connectivity index (χ1n) is 7.45. The van der Waals surface area contributed by atoms with Crippen molar-refractivity contribution in [1.29, 1.82) is 0 Å². The molecule has 4 atom stereocenters. The van der Waals surface area contributed by atoms with Gasteiger partial charge < -0.3 is 15.1 Å². The molecule has 0 spiro atoms. The SMILES string of the molecule is [C-]#[N+]C1CCC(C(O)C2CCC(F)CC2)C(CO)C1. The zero-order valence-corrected chi connectivity index (χ0v) is 11.3. The first-order valence-corrected chi connectivity index (χ1v) is 7.45. The predicted molar refractivity (Wildman–Crippen MR) is 71.2 cm³/mol. The molecule has 108 valence electrons. The van der Waals surface area contributed by atoms with Gasteiger partial charge in [0.2, 0.25) is 6.04 Å². The largest absolute Gasteiger partial charge is 0.396 e. The topological polar surface area (TPSA) is 44.8 Å². The Balaban J connectivity index is 1.94. The van der Waals surface area contributed by atoms with E-state index in [4.69, 9.17) is 6.57 Å². The van der Waals surface area contributed by atoms with Crippen molar-refractivity contribution < 1.29 is 14.6 Å². The Morgan fingerprint density at radius 3 is 2.42 bits per heavy atom. The standard InChI is InChI=1S/C15H24FNO2/c1-17-13-6-7-14(11(8-13)9-18)15(19)10-2-4-12(16)5-3-10/h10-15,18-19H,2-9H2. The highest BCUT2D eigenvalue weighted by atomic mass is 19.1. The highest BCUT2D eigenvalue weighted by molar-refractivity contribution is 4.93. The minimum atomic E-state index is -0.699. The van der Waals surface area contributed by atoms with Gasteiger partial charge >= 0.3 is 0 Å². The van der Waals surface area contributed by atoms with Gasteiger partial charge in [0, 0.05) is 19.4 Å². The lowest BCUT2D eigenvalue weighted by Crippen LogP contribution is -2.41. The van der Waals surface area contributed by atoms with E-state index in [-0.39, 0.29) is 30.4 Å². The molecule has 2 N–H and O–H groups in total. The van der Waals surface area contributed by atoms with Crippen molar-refractivity contribution >= 4 is 0 Å². The van der Waals surface area contributed by atoms with E-state index in [0.29, 0.717) is 19.3 Å². The van der Waals surface area contributed by atoms with Crippen LogP contribution in [0.25, 0.3) is 4.85 Å². The molecule has 0 amide bonds. The number of alkyl halides is 1. The van der Waals surface area contributed by atoms with E-state index in [0.717, 1.165) is 25.7 Å². The van der Waals surface area contributed by atoms with Crippen LogP contribution in [0, 0.1) is 24.3 Å². The summed E-state index contributed by atoms with van der Waals surface area (Å²) in [5.41, 5.74) is 0. The van der Waals surface area contributed by atoms with E-state index in [1.807, 2.05) is 0 Å². The number of aliphatic hydroxyl groups is 2. The van der Waals surface area contributed by atoms with Gasteiger partial charge in [-0.15, -0.1) is 0 Å². The predicted octanol–water partition coefficient (Wildman–Crippen LogP) is 2.57. The van der Waals surface area contributed by atoms with Crippen LogP contribution < -0.4 is 0 Å². The normalized spacial score (nSPS) is 41.5. The molecule has 4 heteroatoms. The molecule has 0 bridgehead atoms. The van der Waals surface area contributed by atoms with Gasteiger partial charge in [-0.05, 0) is 49.9 Å². The summed E-state index contributed by atoms with van der Waals surface area (Å²) in [5, 5.41) is 20.0. The van der Waals surface area contributed by atoms with E-state index in [9.17, 15) is 14.6 Å². The minimum absolute atomic E-state index is 0.00202. The van der Waals surface area contributed by atoms with E-state index in [1.54, 1.807) is 0 Å². The Bertz CT molecular complexity index is 323. The third-order valence-electron chi connectivity index (χ3n) is 5.05. The molecule has 0 saturated heterocycles. The molecule has 2 aliphatic rings. The molecular weight excluding hydrogens is 245 g/mol. The zero-order valence-electron chi connectivity index (χ0n) is 11.3. The zero-order chi connectivity index (χ0) is 13.8. The molecule has 0 radical (unpaired) electrons. The molecule has 19 heavy (non-hydrogen) atoms. The molecule has 0 aromatic heterocycles. The lowest BCUT2D eigenvalue weighted by atomic mass is 9.69. The van der Waals surface area contributed by atoms with Gasteiger partial charge in [-0.25, -0.2) is 11.0 Å². The molecule has 2 rings (SSSR count). The van der Waals surface area contributed by atoms with Gasteiger partial charge in [0.15, 0.2) is 0 Å². The second-order valence-corrected chi connectivity index (χ2v) is 6.21. The van der Waals surface area contributed by atoms with Crippen molar-refractivity contribution in [3.8, 4) is 0 Å². The second kappa shape index (κ2) is 6.67. The molecule has 0 aromatic carbocycles. The monoisotopic (exact) mass is 269 g/mol. The van der Waals surface area contributed by atoms with Gasteiger partial charge in [0.25, 0.3) is 0 Å². The van der Waals surface area contributed by atoms with Crippen LogP contribution in [0.4, 0.5) is 4.39 Å². The second-order valence-electron chi connectivity index (χ2n) is 6.21. The van der Waals surface area contributed by atoms with Gasteiger partial charge in [0.1, 0.15) is 6.17 Å². The maximum Gasteiger partial charge on any atom is 0.224 e. The van der Waals surface area contributed by atoms with Crippen molar-refractivity contribution in [2.24, 2.45) is 17.8 Å². The number of hydrogen-bond acceptors (Lipinski definition) is 2. The quantitative estimate of drug-likeness (QED) is 0.773. The molecular formula is C15H24FNO2. The Kier molecular flexibility index (Phi) is 5.18. The fraction of sp³-hybridized carbons (Fsp3) is 0.933. The van der Waals surface area contributed by atoms with Crippen LogP contribution in [0.3, 0.4) is 0 Å². The van der Waals surface area contributed by atoms with Crippen molar-refractivity contribution in [3.63, 3.8) is 0 Å². The summed E-state index contributed by atoms with van der Waals surface area (Å²) in [6.45, 7) is 7.14. The van der Waals surface area contributed by atoms with E-state index in [2.05, 4.69) is 4.85 Å². The molecule has 2 aliphatic carbocycles. The highest BCUT2D eigenvalue weighted by Crippen LogP contribution is 2.39. The maximum atomic E-state index is 13.1. The average Bonchev–Trinajstić information content (AvgIpc) is 2.46. The third kappa shape index (κ3) is 3.46. The lowest BCUT2D eigenvalue weighted by Gasteiger charge is -2.39. The number of rotatable bonds is 3. The van der Waals surface area contributed by atoms with Gasteiger partial charge in [0.05, 0.1) is 6.10 Å². The summed E-state index contributed by atoms with van der Waals surface area (Å²) in [5.74, 6) is 0.297.